The maximum Gasteiger partial charge on any atom is 0.308 e. The average Bonchev–Trinajstić information content (AvgIpc) is 2.34. The third kappa shape index (κ3) is 4.45. The molecule has 1 aromatic carbocycles. The van der Waals surface area contributed by atoms with Crippen LogP contribution in [0.1, 0.15) is 18.9 Å². The Hall–Kier alpha value is -1.35. The van der Waals surface area contributed by atoms with Crippen molar-refractivity contribution in [3.05, 3.63) is 35.9 Å². The second-order valence-electron chi connectivity index (χ2n) is 3.75. The highest BCUT2D eigenvalue weighted by molar-refractivity contribution is 5.71. The van der Waals surface area contributed by atoms with E-state index in [1.54, 1.807) is 0 Å². The van der Waals surface area contributed by atoms with Gasteiger partial charge in [0.15, 0.2) is 0 Å². The van der Waals surface area contributed by atoms with Gasteiger partial charge in [0.1, 0.15) is 0 Å². The summed E-state index contributed by atoms with van der Waals surface area (Å²) in [6.07, 6.45) is 0.694. The number of carbonyl (C=O) groups is 1. The summed E-state index contributed by atoms with van der Waals surface area (Å²) in [5, 5.41) is 0. The maximum absolute atomic E-state index is 11.1. The summed E-state index contributed by atoms with van der Waals surface area (Å²) in [6.45, 7) is 3.01. The van der Waals surface area contributed by atoms with Crippen LogP contribution in [-0.2, 0) is 20.9 Å². The van der Waals surface area contributed by atoms with Crippen LogP contribution >= 0.6 is 0 Å². The van der Waals surface area contributed by atoms with Gasteiger partial charge in [-0.05, 0) is 12.0 Å². The van der Waals surface area contributed by atoms with Gasteiger partial charge in [-0.3, -0.25) is 4.79 Å². The van der Waals surface area contributed by atoms with E-state index >= 15 is 0 Å². The van der Waals surface area contributed by atoms with Crippen molar-refractivity contribution in [3.63, 3.8) is 0 Å². The van der Waals surface area contributed by atoms with E-state index < -0.39 is 0 Å². The fourth-order valence-corrected chi connectivity index (χ4v) is 1.34. The van der Waals surface area contributed by atoms with Crippen molar-refractivity contribution in [1.82, 2.24) is 0 Å². The molecule has 0 spiro atoms. The first-order valence-electron chi connectivity index (χ1n) is 5.43. The second kappa shape index (κ2) is 7.01. The highest BCUT2D eigenvalue weighted by atomic mass is 16.5. The summed E-state index contributed by atoms with van der Waals surface area (Å²) >= 11 is 0. The summed E-state index contributed by atoms with van der Waals surface area (Å²) in [7, 11) is 1.41. The number of rotatable bonds is 6. The highest BCUT2D eigenvalue weighted by Gasteiger charge is 2.12. The van der Waals surface area contributed by atoms with Crippen LogP contribution in [0.25, 0.3) is 0 Å². The Balaban J connectivity index is 2.15. The molecular weight excluding hydrogens is 204 g/mol. The van der Waals surface area contributed by atoms with Gasteiger partial charge in [-0.15, -0.1) is 0 Å². The van der Waals surface area contributed by atoms with Gasteiger partial charge < -0.3 is 9.47 Å². The van der Waals surface area contributed by atoms with Crippen molar-refractivity contribution >= 4 is 5.97 Å². The van der Waals surface area contributed by atoms with E-state index in [0.29, 0.717) is 19.6 Å². The SMILES string of the molecule is COC(=O)C(C)CCOCc1ccccc1. The molecule has 0 saturated carbocycles. The number of hydrogen-bond donors (Lipinski definition) is 0. The standard InChI is InChI=1S/C13H18O3/c1-11(13(14)15-2)8-9-16-10-12-6-4-3-5-7-12/h3-7,11H,8-10H2,1-2H3. The molecule has 1 rings (SSSR count). The summed E-state index contributed by atoms with van der Waals surface area (Å²) in [5.41, 5.74) is 1.15. The number of carbonyl (C=O) groups excluding carboxylic acids is 1. The molecule has 0 bridgehead atoms. The van der Waals surface area contributed by atoms with Crippen molar-refractivity contribution < 1.29 is 14.3 Å². The van der Waals surface area contributed by atoms with Crippen LogP contribution < -0.4 is 0 Å². The first-order valence-corrected chi connectivity index (χ1v) is 5.43. The Labute approximate surface area is 96.4 Å². The lowest BCUT2D eigenvalue weighted by atomic mass is 10.1. The van der Waals surface area contributed by atoms with Crippen molar-refractivity contribution in [2.75, 3.05) is 13.7 Å². The zero-order valence-electron chi connectivity index (χ0n) is 9.81. The van der Waals surface area contributed by atoms with Gasteiger partial charge >= 0.3 is 5.97 Å². The highest BCUT2D eigenvalue weighted by Crippen LogP contribution is 2.06. The van der Waals surface area contributed by atoms with Crippen LogP contribution in [0.4, 0.5) is 0 Å². The Bertz CT molecular complexity index is 308. The molecule has 0 radical (unpaired) electrons. The fourth-order valence-electron chi connectivity index (χ4n) is 1.34. The van der Waals surface area contributed by atoms with Crippen molar-refractivity contribution in [1.29, 1.82) is 0 Å². The molecule has 0 saturated heterocycles. The monoisotopic (exact) mass is 222 g/mol. The van der Waals surface area contributed by atoms with E-state index in [1.165, 1.54) is 7.11 Å². The number of methoxy groups -OCH3 is 1. The molecule has 1 aromatic rings. The Morgan fingerprint density at radius 1 is 1.31 bits per heavy atom. The third-order valence-electron chi connectivity index (χ3n) is 2.41. The lowest BCUT2D eigenvalue weighted by Gasteiger charge is -2.09. The van der Waals surface area contributed by atoms with Gasteiger partial charge in [0.25, 0.3) is 0 Å². The molecule has 1 atom stereocenters. The zero-order valence-corrected chi connectivity index (χ0v) is 9.81. The predicted molar refractivity (Wildman–Crippen MR) is 61.9 cm³/mol. The van der Waals surface area contributed by atoms with E-state index in [1.807, 2.05) is 37.3 Å². The molecule has 0 fully saturated rings. The van der Waals surface area contributed by atoms with Crippen LogP contribution in [0.2, 0.25) is 0 Å². The summed E-state index contributed by atoms with van der Waals surface area (Å²) in [4.78, 5) is 11.1. The maximum atomic E-state index is 11.1. The lowest BCUT2D eigenvalue weighted by Crippen LogP contribution is -2.14. The van der Waals surface area contributed by atoms with Crippen LogP contribution in [-0.4, -0.2) is 19.7 Å². The largest absolute Gasteiger partial charge is 0.469 e. The first-order chi connectivity index (χ1) is 7.74. The predicted octanol–water partition coefficient (Wildman–Crippen LogP) is 2.40. The molecule has 16 heavy (non-hydrogen) atoms. The number of benzene rings is 1. The topological polar surface area (TPSA) is 35.5 Å². The normalized spacial score (nSPS) is 12.1. The first kappa shape index (κ1) is 12.7. The van der Waals surface area contributed by atoms with Crippen LogP contribution in [0.15, 0.2) is 30.3 Å². The van der Waals surface area contributed by atoms with Crippen LogP contribution in [0, 0.1) is 5.92 Å². The van der Waals surface area contributed by atoms with Gasteiger partial charge in [0.2, 0.25) is 0 Å². The molecule has 1 unspecified atom stereocenters. The van der Waals surface area contributed by atoms with Crippen LogP contribution in [0.3, 0.4) is 0 Å². The van der Waals surface area contributed by atoms with E-state index in [-0.39, 0.29) is 11.9 Å². The van der Waals surface area contributed by atoms with Crippen molar-refractivity contribution in [2.24, 2.45) is 5.92 Å². The molecule has 0 aliphatic rings. The van der Waals surface area contributed by atoms with E-state index in [9.17, 15) is 4.79 Å². The molecule has 0 N–H and O–H groups in total. The Morgan fingerprint density at radius 3 is 2.62 bits per heavy atom. The molecule has 3 heteroatoms. The molecule has 0 heterocycles. The van der Waals surface area contributed by atoms with Crippen molar-refractivity contribution in [3.8, 4) is 0 Å². The van der Waals surface area contributed by atoms with E-state index in [2.05, 4.69) is 4.74 Å². The van der Waals surface area contributed by atoms with Gasteiger partial charge in [0, 0.05) is 6.61 Å². The van der Waals surface area contributed by atoms with E-state index in [4.69, 9.17) is 4.74 Å². The van der Waals surface area contributed by atoms with Crippen LogP contribution in [0.5, 0.6) is 0 Å². The van der Waals surface area contributed by atoms with E-state index in [0.717, 1.165) is 5.56 Å². The van der Waals surface area contributed by atoms with Gasteiger partial charge in [0.05, 0.1) is 19.6 Å². The minimum Gasteiger partial charge on any atom is -0.469 e. The Kier molecular flexibility index (Phi) is 5.57. The molecule has 0 aliphatic heterocycles. The molecule has 88 valence electrons. The minimum atomic E-state index is -0.177. The second-order valence-corrected chi connectivity index (χ2v) is 3.75. The number of hydrogen-bond acceptors (Lipinski definition) is 3. The molecule has 0 amide bonds. The quantitative estimate of drug-likeness (QED) is 0.547. The summed E-state index contributed by atoms with van der Waals surface area (Å²) in [6, 6.07) is 9.97. The smallest absolute Gasteiger partial charge is 0.308 e. The minimum absolute atomic E-state index is 0.0965. The molecule has 0 aromatic heterocycles. The Morgan fingerprint density at radius 2 is 2.00 bits per heavy atom. The number of esters is 1. The molecular formula is C13H18O3. The number of ether oxygens (including phenoxy) is 2. The van der Waals surface area contributed by atoms with Crippen molar-refractivity contribution in [2.45, 2.75) is 20.0 Å². The lowest BCUT2D eigenvalue weighted by molar-refractivity contribution is -0.145. The molecule has 3 nitrogen and oxygen atoms in total. The van der Waals surface area contributed by atoms with Gasteiger partial charge in [-0.1, -0.05) is 37.3 Å². The van der Waals surface area contributed by atoms with Gasteiger partial charge in [-0.2, -0.15) is 0 Å². The summed E-state index contributed by atoms with van der Waals surface area (Å²) in [5.74, 6) is -0.274. The fraction of sp³-hybridized carbons (Fsp3) is 0.462. The zero-order chi connectivity index (χ0) is 11.8. The summed E-state index contributed by atoms with van der Waals surface area (Å²) < 4.78 is 10.1. The molecule has 0 aliphatic carbocycles. The third-order valence-corrected chi connectivity index (χ3v) is 2.41. The average molecular weight is 222 g/mol. The van der Waals surface area contributed by atoms with Gasteiger partial charge in [-0.25, -0.2) is 0 Å².